The third kappa shape index (κ3) is 3.00. The molecule has 0 unspecified atom stereocenters. The van der Waals surface area contributed by atoms with E-state index >= 15 is 0 Å². The van der Waals surface area contributed by atoms with Crippen molar-refractivity contribution in [2.24, 2.45) is 0 Å². The van der Waals surface area contributed by atoms with E-state index in [1.165, 1.54) is 18.2 Å². The molecule has 1 aliphatic rings. The number of amides is 2. The van der Waals surface area contributed by atoms with Crippen LogP contribution >= 0.6 is 0 Å². The standard InChI is InChI=1S/C13H16N2O5/c1-20-8-5-7(6-8)14-13(19)15-10-4-2-3-9(11(10)16)12(17)18/h2-4,7-8,16H,5-6H2,1H3,(H,17,18)(H2,14,15,19). The average Bonchev–Trinajstić information content (AvgIpc) is 2.35. The topological polar surface area (TPSA) is 108 Å². The van der Waals surface area contributed by atoms with Crippen LogP contribution in [0, 0.1) is 0 Å². The fourth-order valence-corrected chi connectivity index (χ4v) is 2.04. The molecule has 0 aliphatic heterocycles. The van der Waals surface area contributed by atoms with E-state index in [2.05, 4.69) is 10.6 Å². The molecular formula is C13H16N2O5. The number of nitrogens with one attached hydrogen (secondary N) is 2. The SMILES string of the molecule is COC1CC(NC(=O)Nc2cccc(C(=O)O)c2O)C1. The molecule has 0 spiro atoms. The predicted octanol–water partition coefficient (Wildman–Crippen LogP) is 1.39. The summed E-state index contributed by atoms with van der Waals surface area (Å²) in [6.07, 6.45) is 1.65. The Labute approximate surface area is 115 Å². The molecule has 4 N–H and O–H groups in total. The van der Waals surface area contributed by atoms with Crippen molar-refractivity contribution < 1.29 is 24.5 Å². The molecule has 0 atom stereocenters. The van der Waals surface area contributed by atoms with Gasteiger partial charge in [-0.1, -0.05) is 6.07 Å². The molecule has 1 aromatic rings. The summed E-state index contributed by atoms with van der Waals surface area (Å²) in [6.45, 7) is 0. The maximum Gasteiger partial charge on any atom is 0.339 e. The lowest BCUT2D eigenvalue weighted by Crippen LogP contribution is -2.48. The number of phenols is 1. The first-order chi connectivity index (χ1) is 9.51. The van der Waals surface area contributed by atoms with E-state index in [-0.39, 0.29) is 23.4 Å². The first kappa shape index (κ1) is 14.1. The highest BCUT2D eigenvalue weighted by molar-refractivity contribution is 5.97. The third-order valence-corrected chi connectivity index (χ3v) is 3.28. The van der Waals surface area contributed by atoms with Gasteiger partial charge in [0.15, 0.2) is 5.75 Å². The molecule has 2 rings (SSSR count). The number of para-hydroxylation sites is 1. The van der Waals surface area contributed by atoms with Crippen LogP contribution < -0.4 is 10.6 Å². The summed E-state index contributed by atoms with van der Waals surface area (Å²) in [4.78, 5) is 22.6. The zero-order valence-corrected chi connectivity index (χ0v) is 10.9. The molecule has 0 aromatic heterocycles. The van der Waals surface area contributed by atoms with E-state index in [1.54, 1.807) is 7.11 Å². The molecule has 0 bridgehead atoms. The Kier molecular flexibility index (Phi) is 4.09. The minimum absolute atomic E-state index is 0.0322. The number of aromatic carboxylic acids is 1. The van der Waals surface area contributed by atoms with E-state index in [4.69, 9.17) is 9.84 Å². The average molecular weight is 280 g/mol. The highest BCUT2D eigenvalue weighted by Gasteiger charge is 2.30. The number of anilines is 1. The van der Waals surface area contributed by atoms with Crippen molar-refractivity contribution in [1.82, 2.24) is 5.32 Å². The largest absolute Gasteiger partial charge is 0.505 e. The van der Waals surface area contributed by atoms with Crippen LogP contribution in [-0.2, 0) is 4.74 Å². The van der Waals surface area contributed by atoms with Crippen LogP contribution in [0.1, 0.15) is 23.2 Å². The molecule has 1 fully saturated rings. The summed E-state index contributed by atoms with van der Waals surface area (Å²) in [7, 11) is 1.62. The smallest absolute Gasteiger partial charge is 0.339 e. The van der Waals surface area contributed by atoms with Gasteiger partial charge in [-0.15, -0.1) is 0 Å². The Morgan fingerprint density at radius 3 is 2.65 bits per heavy atom. The van der Waals surface area contributed by atoms with Crippen molar-refractivity contribution >= 4 is 17.7 Å². The number of hydrogen-bond donors (Lipinski definition) is 4. The molecule has 7 heteroatoms. The van der Waals surface area contributed by atoms with Gasteiger partial charge >= 0.3 is 12.0 Å². The van der Waals surface area contributed by atoms with E-state index < -0.39 is 17.7 Å². The van der Waals surface area contributed by atoms with Crippen molar-refractivity contribution in [3.8, 4) is 5.75 Å². The molecule has 0 saturated heterocycles. The minimum atomic E-state index is -1.26. The van der Waals surface area contributed by atoms with Gasteiger partial charge in [-0.25, -0.2) is 9.59 Å². The summed E-state index contributed by atoms with van der Waals surface area (Å²) in [6, 6.07) is 3.69. The van der Waals surface area contributed by atoms with Crippen molar-refractivity contribution in [3.63, 3.8) is 0 Å². The van der Waals surface area contributed by atoms with Gasteiger partial charge in [-0.3, -0.25) is 0 Å². The Hall–Kier alpha value is -2.28. The predicted molar refractivity (Wildman–Crippen MR) is 71.0 cm³/mol. The van der Waals surface area contributed by atoms with E-state index in [1.807, 2.05) is 0 Å². The van der Waals surface area contributed by atoms with Crippen molar-refractivity contribution in [2.45, 2.75) is 25.0 Å². The van der Waals surface area contributed by atoms with Crippen LogP contribution in [0.4, 0.5) is 10.5 Å². The van der Waals surface area contributed by atoms with Gasteiger partial charge in [0.05, 0.1) is 11.8 Å². The molecule has 7 nitrogen and oxygen atoms in total. The van der Waals surface area contributed by atoms with Crippen LogP contribution in [0.5, 0.6) is 5.75 Å². The third-order valence-electron chi connectivity index (χ3n) is 3.28. The van der Waals surface area contributed by atoms with Gasteiger partial charge in [0.25, 0.3) is 0 Å². The molecule has 2 amide bonds. The van der Waals surface area contributed by atoms with Gasteiger partial charge in [0.1, 0.15) is 5.56 Å². The van der Waals surface area contributed by atoms with Crippen LogP contribution in [0.3, 0.4) is 0 Å². The van der Waals surface area contributed by atoms with Gasteiger partial charge < -0.3 is 25.6 Å². The summed E-state index contributed by atoms with van der Waals surface area (Å²) in [5.74, 6) is -1.72. The second-order valence-corrected chi connectivity index (χ2v) is 4.63. The maximum absolute atomic E-state index is 11.7. The number of carbonyl (C=O) groups is 2. The van der Waals surface area contributed by atoms with Gasteiger partial charge in [-0.2, -0.15) is 0 Å². The molecule has 108 valence electrons. The highest BCUT2D eigenvalue weighted by Crippen LogP contribution is 2.28. The zero-order valence-electron chi connectivity index (χ0n) is 10.9. The lowest BCUT2D eigenvalue weighted by molar-refractivity contribution is 0.0210. The van der Waals surface area contributed by atoms with E-state index in [0.717, 1.165) is 12.8 Å². The highest BCUT2D eigenvalue weighted by atomic mass is 16.5. The lowest BCUT2D eigenvalue weighted by Gasteiger charge is -2.34. The fourth-order valence-electron chi connectivity index (χ4n) is 2.04. The normalized spacial score (nSPS) is 20.9. The van der Waals surface area contributed by atoms with Gasteiger partial charge in [0.2, 0.25) is 0 Å². The molecule has 1 aromatic carbocycles. The second kappa shape index (κ2) is 5.79. The fraction of sp³-hybridized carbons (Fsp3) is 0.385. The molecular weight excluding hydrogens is 264 g/mol. The quantitative estimate of drug-likeness (QED) is 0.623. The summed E-state index contributed by atoms with van der Waals surface area (Å²) in [5.41, 5.74) is -0.198. The molecule has 0 heterocycles. The Bertz CT molecular complexity index is 525. The van der Waals surface area contributed by atoms with Crippen LogP contribution in [-0.4, -0.2) is 41.5 Å². The molecule has 0 radical (unpaired) electrons. The van der Waals surface area contributed by atoms with Gasteiger partial charge in [-0.05, 0) is 25.0 Å². The number of rotatable bonds is 4. The molecule has 20 heavy (non-hydrogen) atoms. The summed E-state index contributed by atoms with van der Waals surface area (Å²) in [5, 5.41) is 23.8. The Balaban J connectivity index is 1.95. The van der Waals surface area contributed by atoms with Crippen LogP contribution in [0.15, 0.2) is 18.2 Å². The molecule has 1 saturated carbocycles. The number of urea groups is 1. The van der Waals surface area contributed by atoms with Crippen molar-refractivity contribution in [1.29, 1.82) is 0 Å². The number of aromatic hydroxyl groups is 1. The number of carbonyl (C=O) groups excluding carboxylic acids is 1. The number of carboxylic acid groups (broad SMARTS) is 1. The summed E-state index contributed by atoms with van der Waals surface area (Å²) >= 11 is 0. The van der Waals surface area contributed by atoms with Crippen LogP contribution in [0.25, 0.3) is 0 Å². The first-order valence-electron chi connectivity index (χ1n) is 6.17. The van der Waals surface area contributed by atoms with Crippen molar-refractivity contribution in [3.05, 3.63) is 23.8 Å². The maximum atomic E-state index is 11.7. The zero-order chi connectivity index (χ0) is 14.7. The Morgan fingerprint density at radius 2 is 2.05 bits per heavy atom. The number of methoxy groups -OCH3 is 1. The minimum Gasteiger partial charge on any atom is -0.505 e. The van der Waals surface area contributed by atoms with Crippen LogP contribution in [0.2, 0.25) is 0 Å². The Morgan fingerprint density at radius 1 is 1.35 bits per heavy atom. The first-order valence-corrected chi connectivity index (χ1v) is 6.17. The monoisotopic (exact) mass is 280 g/mol. The molecule has 1 aliphatic carbocycles. The number of ether oxygens (including phenoxy) is 1. The number of benzene rings is 1. The number of hydrogen-bond acceptors (Lipinski definition) is 4. The second-order valence-electron chi connectivity index (χ2n) is 4.63. The van der Waals surface area contributed by atoms with E-state index in [9.17, 15) is 14.7 Å². The summed E-state index contributed by atoms with van der Waals surface area (Å²) < 4.78 is 5.10. The number of carboxylic acids is 1. The van der Waals surface area contributed by atoms with E-state index in [0.29, 0.717) is 0 Å². The van der Waals surface area contributed by atoms with Gasteiger partial charge in [0, 0.05) is 13.2 Å². The van der Waals surface area contributed by atoms with Crippen molar-refractivity contribution in [2.75, 3.05) is 12.4 Å². The lowest BCUT2D eigenvalue weighted by atomic mass is 9.89.